The van der Waals surface area contributed by atoms with Crippen LogP contribution in [0.2, 0.25) is 0 Å². The number of hydrogen-bond acceptors (Lipinski definition) is 7. The summed E-state index contributed by atoms with van der Waals surface area (Å²) in [5.74, 6) is -0.386. The summed E-state index contributed by atoms with van der Waals surface area (Å²) in [5.41, 5.74) is 2.50. The van der Waals surface area contributed by atoms with E-state index >= 15 is 0 Å². The van der Waals surface area contributed by atoms with E-state index in [9.17, 15) is 13.2 Å². The summed E-state index contributed by atoms with van der Waals surface area (Å²) in [5, 5.41) is 0. The molecule has 0 aliphatic carbocycles. The normalized spacial score (nSPS) is 14.9. The van der Waals surface area contributed by atoms with Crippen LogP contribution in [0.25, 0.3) is 11.5 Å². The molecule has 0 saturated carbocycles. The first-order valence-corrected chi connectivity index (χ1v) is 12.3. The lowest BCUT2D eigenvalue weighted by molar-refractivity contribution is 0.0600. The number of esters is 1. The molecule has 1 aromatic heterocycles. The molecular formula is C24H26N2O5S. The van der Waals surface area contributed by atoms with Gasteiger partial charge in [0.2, 0.25) is 5.89 Å². The van der Waals surface area contributed by atoms with Gasteiger partial charge in [0.25, 0.3) is 0 Å². The van der Waals surface area contributed by atoms with Gasteiger partial charge in [-0.1, -0.05) is 18.6 Å². The van der Waals surface area contributed by atoms with Crippen LogP contribution < -0.4 is 0 Å². The summed E-state index contributed by atoms with van der Waals surface area (Å²) in [6.07, 6.45) is 5.09. The first-order chi connectivity index (χ1) is 15.4. The Morgan fingerprint density at radius 3 is 2.38 bits per heavy atom. The van der Waals surface area contributed by atoms with Gasteiger partial charge in [-0.15, -0.1) is 0 Å². The summed E-state index contributed by atoms with van der Waals surface area (Å²) in [6, 6.07) is 13.7. The largest absolute Gasteiger partial charge is 0.465 e. The van der Waals surface area contributed by atoms with Gasteiger partial charge in [-0.3, -0.25) is 4.90 Å². The number of oxazole rings is 1. The predicted octanol–water partition coefficient (Wildman–Crippen LogP) is 4.09. The molecule has 0 N–H and O–H groups in total. The minimum atomic E-state index is -3.55. The Balaban J connectivity index is 1.42. The third kappa shape index (κ3) is 5.26. The zero-order valence-electron chi connectivity index (χ0n) is 18.0. The number of methoxy groups -OCH3 is 1. The van der Waals surface area contributed by atoms with Gasteiger partial charge in [-0.05, 0) is 67.9 Å². The lowest BCUT2D eigenvalue weighted by Crippen LogP contribution is -2.29. The first kappa shape index (κ1) is 22.2. The average Bonchev–Trinajstić information content (AvgIpc) is 3.27. The monoisotopic (exact) mass is 454 g/mol. The average molecular weight is 455 g/mol. The summed E-state index contributed by atoms with van der Waals surface area (Å²) in [6.45, 7) is 3.04. The van der Waals surface area contributed by atoms with Crippen molar-refractivity contribution in [3.05, 3.63) is 71.6 Å². The molecule has 0 amide bonds. The van der Waals surface area contributed by atoms with Crippen LogP contribution in [0.3, 0.4) is 0 Å². The fourth-order valence-corrected chi connectivity index (χ4v) is 5.07. The number of benzene rings is 2. The van der Waals surface area contributed by atoms with Crippen LogP contribution in [-0.2, 0) is 26.9 Å². The molecule has 7 nitrogen and oxygen atoms in total. The molecule has 0 radical (unpaired) electrons. The number of aromatic nitrogens is 1. The van der Waals surface area contributed by atoms with Gasteiger partial charge in [0, 0.05) is 12.1 Å². The zero-order chi connectivity index (χ0) is 22.6. The number of piperidine rings is 1. The van der Waals surface area contributed by atoms with Gasteiger partial charge in [0.1, 0.15) is 12.0 Å². The molecule has 1 aliphatic heterocycles. The molecular weight excluding hydrogens is 428 g/mol. The highest BCUT2D eigenvalue weighted by atomic mass is 32.2. The maximum Gasteiger partial charge on any atom is 0.337 e. The van der Waals surface area contributed by atoms with Crippen molar-refractivity contribution < 1.29 is 22.4 Å². The third-order valence-corrected chi connectivity index (χ3v) is 7.25. The molecule has 2 aromatic carbocycles. The van der Waals surface area contributed by atoms with Gasteiger partial charge >= 0.3 is 5.97 Å². The molecule has 3 aromatic rings. The molecule has 0 spiro atoms. The number of nitrogens with zero attached hydrogens (tertiary/aromatic N) is 2. The van der Waals surface area contributed by atoms with E-state index in [4.69, 9.17) is 4.42 Å². The van der Waals surface area contributed by atoms with Crippen LogP contribution >= 0.6 is 0 Å². The number of hydrogen-bond donors (Lipinski definition) is 0. The highest BCUT2D eigenvalue weighted by molar-refractivity contribution is 7.90. The third-order valence-electron chi connectivity index (χ3n) is 5.58. The van der Waals surface area contributed by atoms with Crippen molar-refractivity contribution in [3.8, 4) is 11.5 Å². The Kier molecular flexibility index (Phi) is 6.72. The van der Waals surface area contributed by atoms with Gasteiger partial charge in [0.15, 0.2) is 9.84 Å². The molecule has 1 saturated heterocycles. The SMILES string of the molecule is COC(=O)c1ccc(-c2nc(CS(=O)(=O)c3ccc(CN4CCCCC4)cc3)co2)cc1. The molecule has 0 unspecified atom stereocenters. The molecule has 168 valence electrons. The number of carbonyl (C=O) groups excluding carboxylic acids is 1. The summed E-state index contributed by atoms with van der Waals surface area (Å²) >= 11 is 0. The van der Waals surface area contributed by atoms with Gasteiger partial charge in [-0.25, -0.2) is 18.2 Å². The number of ether oxygens (including phenoxy) is 1. The molecule has 1 aliphatic rings. The van der Waals surface area contributed by atoms with Gasteiger partial charge in [-0.2, -0.15) is 0 Å². The second-order valence-corrected chi connectivity index (χ2v) is 9.94. The Bertz CT molecular complexity index is 1160. The van der Waals surface area contributed by atoms with E-state index in [1.165, 1.54) is 32.6 Å². The quantitative estimate of drug-likeness (QED) is 0.497. The van der Waals surface area contributed by atoms with Crippen molar-refractivity contribution in [1.29, 1.82) is 0 Å². The lowest BCUT2D eigenvalue weighted by atomic mass is 10.1. The van der Waals surface area contributed by atoms with Crippen LogP contribution in [0.1, 0.15) is 40.9 Å². The van der Waals surface area contributed by atoms with Crippen molar-refractivity contribution in [1.82, 2.24) is 9.88 Å². The summed E-state index contributed by atoms with van der Waals surface area (Å²) < 4.78 is 35.9. The zero-order valence-corrected chi connectivity index (χ0v) is 18.8. The molecule has 2 heterocycles. The maximum atomic E-state index is 12.9. The Hall–Kier alpha value is -2.97. The van der Waals surface area contributed by atoms with E-state index in [0.29, 0.717) is 22.7 Å². The Morgan fingerprint density at radius 1 is 1.03 bits per heavy atom. The lowest BCUT2D eigenvalue weighted by Gasteiger charge is -2.26. The molecule has 4 rings (SSSR count). The standard InChI is InChI=1S/C24H26N2O5S/c1-30-24(27)20-9-7-19(8-10-20)23-25-21(16-31-23)17-32(28,29)22-11-5-18(6-12-22)15-26-13-3-2-4-14-26/h5-12,16H,2-4,13-15,17H2,1H3. The van der Waals surface area contributed by atoms with Crippen LogP contribution in [0.5, 0.6) is 0 Å². The fraction of sp³-hybridized carbons (Fsp3) is 0.333. The Morgan fingerprint density at radius 2 is 1.72 bits per heavy atom. The van der Waals surface area contributed by atoms with E-state index in [1.54, 1.807) is 36.4 Å². The van der Waals surface area contributed by atoms with E-state index in [1.807, 2.05) is 12.1 Å². The Labute approximate surface area is 187 Å². The summed E-state index contributed by atoms with van der Waals surface area (Å²) in [4.78, 5) is 18.5. The minimum Gasteiger partial charge on any atom is -0.465 e. The van der Waals surface area contributed by atoms with Crippen LogP contribution in [0, 0.1) is 0 Å². The fourth-order valence-electron chi connectivity index (χ4n) is 3.83. The second-order valence-electron chi connectivity index (χ2n) is 7.95. The number of sulfone groups is 1. The van der Waals surface area contributed by atoms with E-state index in [0.717, 1.165) is 25.2 Å². The van der Waals surface area contributed by atoms with E-state index < -0.39 is 15.8 Å². The van der Waals surface area contributed by atoms with Crippen molar-refractivity contribution in [3.63, 3.8) is 0 Å². The molecule has 0 bridgehead atoms. The van der Waals surface area contributed by atoms with Gasteiger partial charge in [0.05, 0.1) is 23.3 Å². The highest BCUT2D eigenvalue weighted by Crippen LogP contribution is 2.23. The van der Waals surface area contributed by atoms with Crippen LogP contribution in [0.4, 0.5) is 0 Å². The topological polar surface area (TPSA) is 89.7 Å². The minimum absolute atomic E-state index is 0.248. The van der Waals surface area contributed by atoms with Crippen molar-refractivity contribution in [2.75, 3.05) is 20.2 Å². The number of rotatable bonds is 7. The van der Waals surface area contributed by atoms with Crippen molar-refractivity contribution in [2.45, 2.75) is 36.5 Å². The second kappa shape index (κ2) is 9.67. The summed E-state index contributed by atoms with van der Waals surface area (Å²) in [7, 11) is -2.23. The smallest absolute Gasteiger partial charge is 0.337 e. The van der Waals surface area contributed by atoms with Gasteiger partial charge < -0.3 is 9.15 Å². The molecule has 8 heteroatoms. The van der Waals surface area contributed by atoms with E-state index in [2.05, 4.69) is 14.6 Å². The van der Waals surface area contributed by atoms with Crippen molar-refractivity contribution >= 4 is 15.8 Å². The maximum absolute atomic E-state index is 12.9. The molecule has 32 heavy (non-hydrogen) atoms. The number of carbonyl (C=O) groups is 1. The van der Waals surface area contributed by atoms with Crippen molar-refractivity contribution in [2.24, 2.45) is 0 Å². The van der Waals surface area contributed by atoms with Crippen LogP contribution in [-0.4, -0.2) is 44.5 Å². The first-order valence-electron chi connectivity index (χ1n) is 10.6. The van der Waals surface area contributed by atoms with E-state index in [-0.39, 0.29) is 10.6 Å². The number of likely N-dealkylation sites (tertiary alicyclic amines) is 1. The predicted molar refractivity (Wildman–Crippen MR) is 120 cm³/mol. The molecule has 1 fully saturated rings. The van der Waals surface area contributed by atoms with Crippen LogP contribution in [0.15, 0.2) is 64.1 Å². The highest BCUT2D eigenvalue weighted by Gasteiger charge is 2.19. The molecule has 0 atom stereocenters.